The summed E-state index contributed by atoms with van der Waals surface area (Å²) < 4.78 is 14.8. The molecule has 2 aromatic rings. The van der Waals surface area contributed by atoms with Crippen LogP contribution in [0.2, 0.25) is 5.02 Å². The number of rotatable bonds is 3. The van der Waals surface area contributed by atoms with Crippen molar-refractivity contribution in [1.29, 1.82) is 5.26 Å². The molecule has 0 radical (unpaired) electrons. The second-order valence-corrected chi connectivity index (χ2v) is 4.94. The molecule has 0 fully saturated rings. The van der Waals surface area contributed by atoms with Crippen LogP contribution in [0.4, 0.5) is 16.0 Å². The zero-order valence-electron chi connectivity index (χ0n) is 11.0. The predicted octanol–water partition coefficient (Wildman–Crippen LogP) is 2.94. The molecule has 0 aliphatic rings. The van der Waals surface area contributed by atoms with Crippen LogP contribution >= 0.6 is 11.6 Å². The van der Waals surface area contributed by atoms with E-state index in [4.69, 9.17) is 22.6 Å². The molecule has 0 unspecified atom stereocenters. The Kier molecular flexibility index (Phi) is 3.81. The monoisotopic (exact) mass is 293 g/mol. The van der Waals surface area contributed by atoms with Gasteiger partial charge in [-0.15, -0.1) is 5.10 Å². The van der Waals surface area contributed by atoms with E-state index >= 15 is 0 Å². The smallest absolute Gasteiger partial charge is 0.168 e. The molecular weight excluding hydrogens is 281 g/mol. The second kappa shape index (κ2) is 5.39. The summed E-state index contributed by atoms with van der Waals surface area (Å²) in [7, 11) is 0. The van der Waals surface area contributed by atoms with Crippen molar-refractivity contribution >= 4 is 23.2 Å². The molecule has 2 rings (SSSR count). The Bertz CT molecular complexity index is 687. The first-order chi connectivity index (χ1) is 9.43. The summed E-state index contributed by atoms with van der Waals surface area (Å²) >= 11 is 5.64. The SMILES string of the molecule is CC(C)Nc1nn(-c2ccc(Cl)c(F)c2)c(N)c1C#N. The molecule has 0 amide bonds. The molecular formula is C13H13ClFN5. The van der Waals surface area contributed by atoms with E-state index in [0.29, 0.717) is 11.5 Å². The number of aromatic nitrogens is 2. The van der Waals surface area contributed by atoms with E-state index in [1.165, 1.54) is 16.8 Å². The first-order valence-corrected chi connectivity index (χ1v) is 6.32. The fraction of sp³-hybridized carbons (Fsp3) is 0.231. The number of nitrogen functional groups attached to an aromatic ring is 1. The van der Waals surface area contributed by atoms with Crippen LogP contribution < -0.4 is 11.1 Å². The minimum atomic E-state index is -0.573. The van der Waals surface area contributed by atoms with E-state index in [-0.39, 0.29) is 22.4 Å². The number of nitrogens with one attached hydrogen (secondary N) is 1. The number of hydrogen-bond donors (Lipinski definition) is 2. The molecule has 0 saturated carbocycles. The molecule has 0 atom stereocenters. The second-order valence-electron chi connectivity index (χ2n) is 4.53. The highest BCUT2D eigenvalue weighted by molar-refractivity contribution is 6.30. The maximum absolute atomic E-state index is 13.5. The topological polar surface area (TPSA) is 79.7 Å². The van der Waals surface area contributed by atoms with Crippen molar-refractivity contribution in [1.82, 2.24) is 9.78 Å². The summed E-state index contributed by atoms with van der Waals surface area (Å²) in [6, 6.07) is 6.29. The molecule has 0 aliphatic carbocycles. The van der Waals surface area contributed by atoms with Gasteiger partial charge in [-0.2, -0.15) is 5.26 Å². The minimum absolute atomic E-state index is 0.0144. The van der Waals surface area contributed by atoms with Crippen LogP contribution in [0.3, 0.4) is 0 Å². The highest BCUT2D eigenvalue weighted by Crippen LogP contribution is 2.26. The Morgan fingerprint density at radius 3 is 2.75 bits per heavy atom. The average Bonchev–Trinajstić information content (AvgIpc) is 2.68. The number of hydrogen-bond acceptors (Lipinski definition) is 4. The number of nitriles is 1. The maximum Gasteiger partial charge on any atom is 0.168 e. The summed E-state index contributed by atoms with van der Waals surface area (Å²) in [5.41, 5.74) is 6.52. The first-order valence-electron chi connectivity index (χ1n) is 5.94. The van der Waals surface area contributed by atoms with Crippen molar-refractivity contribution in [3.8, 4) is 11.8 Å². The minimum Gasteiger partial charge on any atom is -0.382 e. The molecule has 0 aliphatic heterocycles. The molecule has 1 aromatic heterocycles. The van der Waals surface area contributed by atoms with E-state index in [1.807, 2.05) is 19.9 Å². The van der Waals surface area contributed by atoms with Crippen molar-refractivity contribution in [3.63, 3.8) is 0 Å². The zero-order valence-corrected chi connectivity index (χ0v) is 11.7. The number of anilines is 2. The van der Waals surface area contributed by atoms with Gasteiger partial charge in [-0.1, -0.05) is 11.6 Å². The number of benzene rings is 1. The fourth-order valence-electron chi connectivity index (χ4n) is 1.73. The van der Waals surface area contributed by atoms with Crippen molar-refractivity contribution < 1.29 is 4.39 Å². The number of nitrogens with two attached hydrogens (primary N) is 1. The molecule has 104 valence electrons. The van der Waals surface area contributed by atoms with Crippen LogP contribution in [0, 0.1) is 17.1 Å². The lowest BCUT2D eigenvalue weighted by molar-refractivity contribution is 0.626. The van der Waals surface area contributed by atoms with Gasteiger partial charge >= 0.3 is 0 Å². The Hall–Kier alpha value is -2.26. The van der Waals surface area contributed by atoms with Crippen molar-refractivity contribution in [2.75, 3.05) is 11.1 Å². The molecule has 20 heavy (non-hydrogen) atoms. The third-order valence-corrected chi connectivity index (χ3v) is 2.91. The van der Waals surface area contributed by atoms with Crippen molar-refractivity contribution in [2.45, 2.75) is 19.9 Å². The third-order valence-electron chi connectivity index (χ3n) is 2.61. The van der Waals surface area contributed by atoms with Crippen molar-refractivity contribution in [3.05, 3.63) is 34.6 Å². The molecule has 5 nitrogen and oxygen atoms in total. The molecule has 3 N–H and O–H groups in total. The van der Waals surface area contributed by atoms with E-state index in [9.17, 15) is 4.39 Å². The maximum atomic E-state index is 13.5. The standard InChI is InChI=1S/C13H13ClFN5/c1-7(2)18-13-9(6-16)12(17)20(19-13)8-3-4-10(14)11(15)5-8/h3-5,7H,17H2,1-2H3,(H,18,19). The van der Waals surface area contributed by atoms with Crippen LogP contribution in [0.15, 0.2) is 18.2 Å². The van der Waals surface area contributed by atoms with Gasteiger partial charge in [-0.3, -0.25) is 0 Å². The van der Waals surface area contributed by atoms with Crippen LogP contribution in [0.5, 0.6) is 0 Å². The van der Waals surface area contributed by atoms with E-state index < -0.39 is 5.82 Å². The lowest BCUT2D eigenvalue weighted by Gasteiger charge is -2.06. The van der Waals surface area contributed by atoms with Gasteiger partial charge in [0.25, 0.3) is 0 Å². The third kappa shape index (κ3) is 2.53. The fourth-order valence-corrected chi connectivity index (χ4v) is 1.85. The Morgan fingerprint density at radius 1 is 1.50 bits per heavy atom. The normalized spacial score (nSPS) is 10.6. The first kappa shape index (κ1) is 14.2. The Balaban J connectivity index is 2.54. The van der Waals surface area contributed by atoms with Crippen LogP contribution in [0.25, 0.3) is 5.69 Å². The van der Waals surface area contributed by atoms with E-state index in [1.54, 1.807) is 6.07 Å². The zero-order chi connectivity index (χ0) is 14.9. The van der Waals surface area contributed by atoms with Gasteiger partial charge in [0, 0.05) is 12.1 Å². The molecule has 0 spiro atoms. The van der Waals surface area contributed by atoms with E-state index in [2.05, 4.69) is 10.4 Å². The highest BCUT2D eigenvalue weighted by Gasteiger charge is 2.17. The average molecular weight is 294 g/mol. The van der Waals surface area contributed by atoms with E-state index in [0.717, 1.165) is 0 Å². The lowest BCUT2D eigenvalue weighted by atomic mass is 10.3. The van der Waals surface area contributed by atoms with Crippen LogP contribution in [-0.2, 0) is 0 Å². The molecule has 0 bridgehead atoms. The summed E-state index contributed by atoms with van der Waals surface area (Å²) in [5.74, 6) is -0.0522. The van der Waals surface area contributed by atoms with Gasteiger partial charge in [-0.25, -0.2) is 9.07 Å². The largest absolute Gasteiger partial charge is 0.382 e. The van der Waals surface area contributed by atoms with Gasteiger partial charge in [0.15, 0.2) is 5.82 Å². The molecule has 1 aromatic carbocycles. The summed E-state index contributed by atoms with van der Waals surface area (Å²) in [6.45, 7) is 3.83. The van der Waals surface area contributed by atoms with Gasteiger partial charge < -0.3 is 11.1 Å². The molecule has 0 saturated heterocycles. The summed E-state index contributed by atoms with van der Waals surface area (Å²) in [5, 5.41) is 16.4. The van der Waals surface area contributed by atoms with Crippen LogP contribution in [-0.4, -0.2) is 15.8 Å². The highest BCUT2D eigenvalue weighted by atomic mass is 35.5. The predicted molar refractivity (Wildman–Crippen MR) is 76.4 cm³/mol. The van der Waals surface area contributed by atoms with Crippen LogP contribution in [0.1, 0.15) is 19.4 Å². The number of halogens is 2. The van der Waals surface area contributed by atoms with Gasteiger partial charge in [0.1, 0.15) is 23.3 Å². The summed E-state index contributed by atoms with van der Waals surface area (Å²) in [4.78, 5) is 0. The summed E-state index contributed by atoms with van der Waals surface area (Å²) in [6.07, 6.45) is 0. The van der Waals surface area contributed by atoms with Gasteiger partial charge in [0.05, 0.1) is 10.7 Å². The van der Waals surface area contributed by atoms with Gasteiger partial charge in [-0.05, 0) is 26.0 Å². The molecule has 7 heteroatoms. The molecule has 1 heterocycles. The Morgan fingerprint density at radius 2 is 2.20 bits per heavy atom. The Labute approximate surface area is 120 Å². The van der Waals surface area contributed by atoms with Crippen molar-refractivity contribution in [2.24, 2.45) is 0 Å². The quantitative estimate of drug-likeness (QED) is 0.912. The van der Waals surface area contributed by atoms with Gasteiger partial charge in [0.2, 0.25) is 0 Å². The number of nitrogens with zero attached hydrogens (tertiary/aromatic N) is 3. The lowest BCUT2D eigenvalue weighted by Crippen LogP contribution is -2.11.